The second-order valence-electron chi connectivity index (χ2n) is 6.65. The first-order valence-electron chi connectivity index (χ1n) is 9.23. The Balaban J connectivity index is 1.58. The van der Waals surface area contributed by atoms with Crippen LogP contribution in [0.4, 0.5) is 0 Å². The molecule has 1 aliphatic heterocycles. The molecule has 2 aromatic carbocycles. The van der Waals surface area contributed by atoms with Crippen LogP contribution in [-0.4, -0.2) is 52.0 Å². The number of nitrogens with one attached hydrogen (secondary N) is 1. The minimum Gasteiger partial charge on any atom is -0.490 e. The van der Waals surface area contributed by atoms with Gasteiger partial charge in [0, 0.05) is 31.1 Å². The zero-order valence-electron chi connectivity index (χ0n) is 16.1. The SMILES string of the molecule is CN(CC(=O)NCCc1cccc(Cl)c1)S(=O)(=O)c1ccc2c(c1)OCCCO2. The monoisotopic (exact) mass is 438 g/mol. The van der Waals surface area contributed by atoms with Gasteiger partial charge in [-0.15, -0.1) is 0 Å². The normalized spacial score (nSPS) is 13.8. The maximum atomic E-state index is 12.8. The highest BCUT2D eigenvalue weighted by molar-refractivity contribution is 7.89. The molecule has 0 spiro atoms. The number of amides is 1. The van der Waals surface area contributed by atoms with Crippen LogP contribution in [0.5, 0.6) is 11.5 Å². The fraction of sp³-hybridized carbons (Fsp3) is 0.350. The second-order valence-corrected chi connectivity index (χ2v) is 9.13. The highest BCUT2D eigenvalue weighted by atomic mass is 35.5. The van der Waals surface area contributed by atoms with Gasteiger partial charge in [-0.25, -0.2) is 8.42 Å². The molecule has 156 valence electrons. The molecule has 0 bridgehead atoms. The molecule has 1 heterocycles. The van der Waals surface area contributed by atoms with Crippen molar-refractivity contribution < 1.29 is 22.7 Å². The zero-order valence-corrected chi connectivity index (χ0v) is 17.6. The lowest BCUT2D eigenvalue weighted by atomic mass is 10.1. The molecule has 1 N–H and O–H groups in total. The first-order valence-corrected chi connectivity index (χ1v) is 11.1. The van der Waals surface area contributed by atoms with Crippen LogP contribution in [0.1, 0.15) is 12.0 Å². The predicted octanol–water partition coefficient (Wildman–Crippen LogP) is 2.48. The van der Waals surface area contributed by atoms with Crippen molar-refractivity contribution in [3.05, 3.63) is 53.1 Å². The van der Waals surface area contributed by atoms with Crippen LogP contribution >= 0.6 is 11.6 Å². The highest BCUT2D eigenvalue weighted by Crippen LogP contribution is 2.32. The predicted molar refractivity (Wildman–Crippen MR) is 110 cm³/mol. The molecule has 0 radical (unpaired) electrons. The van der Waals surface area contributed by atoms with E-state index in [0.717, 1.165) is 16.3 Å². The van der Waals surface area contributed by atoms with Gasteiger partial charge in [0.25, 0.3) is 0 Å². The van der Waals surface area contributed by atoms with E-state index >= 15 is 0 Å². The maximum absolute atomic E-state index is 12.8. The van der Waals surface area contributed by atoms with Gasteiger partial charge in [0.15, 0.2) is 11.5 Å². The van der Waals surface area contributed by atoms with E-state index < -0.39 is 10.0 Å². The van der Waals surface area contributed by atoms with Crippen molar-refractivity contribution in [2.45, 2.75) is 17.7 Å². The molecule has 0 fully saturated rings. The lowest BCUT2D eigenvalue weighted by Gasteiger charge is -2.18. The van der Waals surface area contributed by atoms with Crippen molar-refractivity contribution in [1.82, 2.24) is 9.62 Å². The standard InChI is InChI=1S/C20H23ClN2O5S/c1-23(14-20(24)22-9-8-15-4-2-5-16(21)12-15)29(25,26)17-6-7-18-19(13-17)28-11-3-10-27-18/h2,4-7,12-13H,3,8-11,14H2,1H3,(H,22,24). The van der Waals surface area contributed by atoms with E-state index in [2.05, 4.69) is 5.32 Å². The van der Waals surface area contributed by atoms with Crippen LogP contribution < -0.4 is 14.8 Å². The third-order valence-corrected chi connectivity index (χ3v) is 6.45. The summed E-state index contributed by atoms with van der Waals surface area (Å²) in [6, 6.07) is 11.8. The third kappa shape index (κ3) is 5.62. The number of carbonyl (C=O) groups excluding carboxylic acids is 1. The minimum atomic E-state index is -3.84. The van der Waals surface area contributed by atoms with Crippen molar-refractivity contribution in [3.8, 4) is 11.5 Å². The summed E-state index contributed by atoms with van der Waals surface area (Å²) in [5.41, 5.74) is 0.992. The molecule has 1 aliphatic rings. The first kappa shape index (κ1) is 21.4. The van der Waals surface area contributed by atoms with E-state index in [9.17, 15) is 13.2 Å². The number of ether oxygens (including phenoxy) is 2. The number of rotatable bonds is 7. The maximum Gasteiger partial charge on any atom is 0.243 e. The highest BCUT2D eigenvalue weighted by Gasteiger charge is 2.25. The zero-order chi connectivity index (χ0) is 20.9. The Labute approximate surface area is 175 Å². The number of fused-ring (bicyclic) bond motifs is 1. The average molecular weight is 439 g/mol. The van der Waals surface area contributed by atoms with Gasteiger partial charge in [0.2, 0.25) is 15.9 Å². The number of benzene rings is 2. The van der Waals surface area contributed by atoms with Crippen LogP contribution in [0.2, 0.25) is 5.02 Å². The summed E-state index contributed by atoms with van der Waals surface area (Å²) in [7, 11) is -2.47. The summed E-state index contributed by atoms with van der Waals surface area (Å²) < 4.78 is 37.7. The summed E-state index contributed by atoms with van der Waals surface area (Å²) in [6.07, 6.45) is 1.33. The fourth-order valence-electron chi connectivity index (χ4n) is 2.87. The first-order chi connectivity index (χ1) is 13.9. The molecular weight excluding hydrogens is 416 g/mol. The summed E-state index contributed by atoms with van der Waals surface area (Å²) in [4.78, 5) is 12.2. The van der Waals surface area contributed by atoms with Gasteiger partial charge in [-0.3, -0.25) is 4.79 Å². The number of sulfonamides is 1. The number of nitrogens with zero attached hydrogens (tertiary/aromatic N) is 1. The van der Waals surface area contributed by atoms with Crippen LogP contribution in [-0.2, 0) is 21.2 Å². The van der Waals surface area contributed by atoms with Crippen molar-refractivity contribution in [1.29, 1.82) is 0 Å². The van der Waals surface area contributed by atoms with Gasteiger partial charge >= 0.3 is 0 Å². The Morgan fingerprint density at radius 2 is 1.90 bits per heavy atom. The molecule has 0 saturated heterocycles. The van der Waals surface area contributed by atoms with Crippen molar-refractivity contribution in [2.75, 3.05) is 33.4 Å². The van der Waals surface area contributed by atoms with E-state index in [4.69, 9.17) is 21.1 Å². The van der Waals surface area contributed by atoms with Crippen LogP contribution in [0.25, 0.3) is 0 Å². The number of likely N-dealkylation sites (N-methyl/N-ethyl adjacent to an activating group) is 1. The quantitative estimate of drug-likeness (QED) is 0.717. The Morgan fingerprint density at radius 3 is 2.66 bits per heavy atom. The molecule has 0 unspecified atom stereocenters. The lowest BCUT2D eigenvalue weighted by Crippen LogP contribution is -2.39. The Bertz CT molecular complexity index is 981. The van der Waals surface area contributed by atoms with Crippen molar-refractivity contribution in [2.24, 2.45) is 0 Å². The molecule has 0 aliphatic carbocycles. The third-order valence-electron chi connectivity index (χ3n) is 4.42. The Hall–Kier alpha value is -2.29. The largest absolute Gasteiger partial charge is 0.490 e. The van der Waals surface area contributed by atoms with Gasteiger partial charge in [0.1, 0.15) is 0 Å². The van der Waals surface area contributed by atoms with E-state index in [1.807, 2.05) is 18.2 Å². The summed E-state index contributed by atoms with van der Waals surface area (Å²) >= 11 is 5.94. The van der Waals surface area contributed by atoms with Crippen LogP contribution in [0.15, 0.2) is 47.4 Å². The molecule has 9 heteroatoms. The molecule has 0 atom stereocenters. The molecule has 0 saturated carbocycles. The second kappa shape index (κ2) is 9.47. The van der Waals surface area contributed by atoms with Gasteiger partial charge in [0.05, 0.1) is 24.7 Å². The minimum absolute atomic E-state index is 0.0518. The summed E-state index contributed by atoms with van der Waals surface area (Å²) in [6.45, 7) is 1.08. The van der Waals surface area contributed by atoms with E-state index in [1.165, 1.54) is 19.2 Å². The summed E-state index contributed by atoms with van der Waals surface area (Å²) in [5, 5.41) is 3.36. The van der Waals surface area contributed by atoms with Crippen molar-refractivity contribution in [3.63, 3.8) is 0 Å². The van der Waals surface area contributed by atoms with Gasteiger partial charge in [-0.05, 0) is 36.2 Å². The molecule has 0 aromatic heterocycles. The van der Waals surface area contributed by atoms with Crippen LogP contribution in [0, 0.1) is 0 Å². The lowest BCUT2D eigenvalue weighted by molar-refractivity contribution is -0.121. The molecule has 2 aromatic rings. The molecule has 1 amide bonds. The molecule has 7 nitrogen and oxygen atoms in total. The van der Waals surface area contributed by atoms with E-state index in [-0.39, 0.29) is 17.3 Å². The van der Waals surface area contributed by atoms with E-state index in [0.29, 0.717) is 42.7 Å². The van der Waals surface area contributed by atoms with Crippen LogP contribution in [0.3, 0.4) is 0 Å². The van der Waals surface area contributed by atoms with Gasteiger partial charge < -0.3 is 14.8 Å². The fourth-order valence-corrected chi connectivity index (χ4v) is 4.22. The number of hydrogen-bond acceptors (Lipinski definition) is 5. The molecule has 29 heavy (non-hydrogen) atoms. The smallest absolute Gasteiger partial charge is 0.243 e. The Morgan fingerprint density at radius 1 is 1.14 bits per heavy atom. The van der Waals surface area contributed by atoms with Gasteiger partial charge in [-0.2, -0.15) is 4.31 Å². The average Bonchev–Trinajstić information content (AvgIpc) is 2.92. The number of halogens is 1. The number of carbonyl (C=O) groups is 1. The summed E-state index contributed by atoms with van der Waals surface area (Å²) in [5.74, 6) is 0.526. The van der Waals surface area contributed by atoms with Crippen molar-refractivity contribution >= 4 is 27.5 Å². The number of hydrogen-bond donors (Lipinski definition) is 1. The van der Waals surface area contributed by atoms with E-state index in [1.54, 1.807) is 12.1 Å². The Kier molecular flexibility index (Phi) is 7.00. The molecular formula is C20H23ClN2O5S. The molecule has 3 rings (SSSR count). The topological polar surface area (TPSA) is 84.9 Å². The van der Waals surface area contributed by atoms with Gasteiger partial charge in [-0.1, -0.05) is 23.7 Å².